The van der Waals surface area contributed by atoms with Crippen LogP contribution in [0.15, 0.2) is 35.1 Å². The van der Waals surface area contributed by atoms with Gasteiger partial charge in [0.05, 0.1) is 5.33 Å². The molecule has 88 valence electrons. The van der Waals surface area contributed by atoms with Crippen LogP contribution >= 0.6 is 15.9 Å². The lowest BCUT2D eigenvalue weighted by atomic mass is 10.3. The van der Waals surface area contributed by atoms with E-state index in [-0.39, 0.29) is 11.2 Å². The van der Waals surface area contributed by atoms with Crippen molar-refractivity contribution in [3.63, 3.8) is 0 Å². The van der Waals surface area contributed by atoms with Gasteiger partial charge in [-0.05, 0) is 19.1 Å². The van der Waals surface area contributed by atoms with E-state index in [0.717, 1.165) is 0 Å². The SMILES string of the molecule is Cc1cc(=O)c(CBr)nn1-c1ccccc1F. The van der Waals surface area contributed by atoms with Crippen molar-refractivity contribution in [1.82, 2.24) is 9.78 Å². The molecule has 0 unspecified atom stereocenters. The zero-order chi connectivity index (χ0) is 12.4. The molecule has 0 atom stereocenters. The van der Waals surface area contributed by atoms with Crippen LogP contribution in [0.4, 0.5) is 4.39 Å². The highest BCUT2D eigenvalue weighted by molar-refractivity contribution is 9.08. The van der Waals surface area contributed by atoms with Crippen LogP contribution in [0.2, 0.25) is 0 Å². The minimum absolute atomic E-state index is 0.146. The van der Waals surface area contributed by atoms with E-state index in [1.165, 1.54) is 16.8 Å². The van der Waals surface area contributed by atoms with Gasteiger partial charge in [0.15, 0.2) is 0 Å². The number of nitrogens with zero attached hydrogens (tertiary/aromatic N) is 2. The average Bonchev–Trinajstić information content (AvgIpc) is 2.31. The highest BCUT2D eigenvalue weighted by Gasteiger charge is 2.09. The van der Waals surface area contributed by atoms with Crippen molar-refractivity contribution < 1.29 is 4.39 Å². The summed E-state index contributed by atoms with van der Waals surface area (Å²) in [7, 11) is 0. The number of aryl methyl sites for hydroxylation is 1. The molecule has 0 aliphatic carbocycles. The number of aromatic nitrogens is 2. The Morgan fingerprint density at radius 2 is 2.12 bits per heavy atom. The predicted octanol–water partition coefficient (Wildman–Crippen LogP) is 2.57. The van der Waals surface area contributed by atoms with Crippen molar-refractivity contribution in [3.05, 3.63) is 57.8 Å². The summed E-state index contributed by atoms with van der Waals surface area (Å²) in [5, 5.41) is 4.49. The maximum Gasteiger partial charge on any atom is 0.204 e. The minimum atomic E-state index is -0.368. The van der Waals surface area contributed by atoms with Crippen molar-refractivity contribution in [3.8, 4) is 5.69 Å². The normalized spacial score (nSPS) is 10.5. The second-order valence-corrected chi connectivity index (χ2v) is 4.15. The third kappa shape index (κ3) is 2.29. The lowest BCUT2D eigenvalue weighted by Gasteiger charge is -2.10. The van der Waals surface area contributed by atoms with Gasteiger partial charge in [0.25, 0.3) is 0 Å². The van der Waals surface area contributed by atoms with Crippen molar-refractivity contribution in [1.29, 1.82) is 0 Å². The first-order chi connectivity index (χ1) is 8.13. The summed E-state index contributed by atoms with van der Waals surface area (Å²) in [6.45, 7) is 1.72. The molecule has 1 aromatic carbocycles. The van der Waals surface area contributed by atoms with Gasteiger partial charge in [-0.3, -0.25) is 4.79 Å². The van der Waals surface area contributed by atoms with Crippen LogP contribution in [0.3, 0.4) is 0 Å². The first-order valence-corrected chi connectivity index (χ1v) is 6.16. The molecular weight excluding hydrogens is 287 g/mol. The molecule has 17 heavy (non-hydrogen) atoms. The molecule has 0 spiro atoms. The number of rotatable bonds is 2. The van der Waals surface area contributed by atoms with Crippen LogP contribution < -0.4 is 5.43 Å². The molecular formula is C12H10BrFN2O. The smallest absolute Gasteiger partial charge is 0.204 e. The van der Waals surface area contributed by atoms with Crippen LogP contribution in [-0.2, 0) is 5.33 Å². The van der Waals surface area contributed by atoms with E-state index in [0.29, 0.717) is 22.4 Å². The van der Waals surface area contributed by atoms with Crippen LogP contribution in [0.5, 0.6) is 0 Å². The van der Waals surface area contributed by atoms with Crippen molar-refractivity contribution in [2.24, 2.45) is 0 Å². The molecule has 0 amide bonds. The number of halogens is 2. The monoisotopic (exact) mass is 296 g/mol. The predicted molar refractivity (Wildman–Crippen MR) is 67.2 cm³/mol. The molecule has 0 fully saturated rings. The standard InChI is InChI=1S/C12H10BrFN2O/c1-8-6-12(17)10(7-13)15-16(8)11-5-3-2-4-9(11)14/h2-6H,7H2,1H3. The van der Waals surface area contributed by atoms with Gasteiger partial charge in [-0.1, -0.05) is 28.1 Å². The molecule has 3 nitrogen and oxygen atoms in total. The van der Waals surface area contributed by atoms with E-state index in [9.17, 15) is 9.18 Å². The lowest BCUT2D eigenvalue weighted by Crippen LogP contribution is -2.18. The Hall–Kier alpha value is -1.49. The Morgan fingerprint density at radius 3 is 2.76 bits per heavy atom. The van der Waals surface area contributed by atoms with Crippen molar-refractivity contribution in [2.45, 2.75) is 12.3 Å². The Balaban J connectivity index is 2.68. The maximum absolute atomic E-state index is 13.6. The Morgan fingerprint density at radius 1 is 1.41 bits per heavy atom. The number of hydrogen-bond acceptors (Lipinski definition) is 2. The third-order valence-corrected chi connectivity index (χ3v) is 2.92. The van der Waals surface area contributed by atoms with Gasteiger partial charge in [0, 0.05) is 11.8 Å². The zero-order valence-electron chi connectivity index (χ0n) is 9.15. The molecule has 2 rings (SSSR count). The average molecular weight is 297 g/mol. The van der Waals surface area contributed by atoms with Crippen LogP contribution in [0.1, 0.15) is 11.4 Å². The highest BCUT2D eigenvalue weighted by atomic mass is 79.9. The number of hydrogen-bond donors (Lipinski definition) is 0. The molecule has 2 aromatic rings. The fourth-order valence-electron chi connectivity index (χ4n) is 1.54. The van der Waals surface area contributed by atoms with E-state index in [1.54, 1.807) is 25.1 Å². The molecule has 0 saturated carbocycles. The maximum atomic E-state index is 13.6. The largest absolute Gasteiger partial charge is 0.288 e. The van der Waals surface area contributed by atoms with Gasteiger partial charge in [-0.2, -0.15) is 5.10 Å². The second kappa shape index (κ2) is 4.79. The molecule has 0 aliphatic heterocycles. The summed E-state index contributed by atoms with van der Waals surface area (Å²) in [6.07, 6.45) is 0. The summed E-state index contributed by atoms with van der Waals surface area (Å²) in [4.78, 5) is 11.5. The Kier molecular flexibility index (Phi) is 3.38. The van der Waals surface area contributed by atoms with E-state index in [1.807, 2.05) is 0 Å². The van der Waals surface area contributed by atoms with Gasteiger partial charge in [0.1, 0.15) is 17.2 Å². The molecule has 0 aliphatic rings. The van der Waals surface area contributed by atoms with E-state index < -0.39 is 0 Å². The summed E-state index contributed by atoms with van der Waals surface area (Å²) in [6, 6.07) is 7.78. The lowest BCUT2D eigenvalue weighted by molar-refractivity contribution is 0.603. The molecule has 0 saturated heterocycles. The van der Waals surface area contributed by atoms with Crippen molar-refractivity contribution in [2.75, 3.05) is 0 Å². The van der Waals surface area contributed by atoms with Crippen molar-refractivity contribution >= 4 is 15.9 Å². The first-order valence-electron chi connectivity index (χ1n) is 5.04. The summed E-state index contributed by atoms with van der Waals surface area (Å²) >= 11 is 3.19. The van der Waals surface area contributed by atoms with Gasteiger partial charge >= 0.3 is 0 Å². The molecule has 0 N–H and O–H groups in total. The Bertz CT molecular complexity index is 610. The third-order valence-electron chi connectivity index (χ3n) is 2.39. The van der Waals surface area contributed by atoms with E-state index in [2.05, 4.69) is 21.0 Å². The molecule has 5 heteroatoms. The fourth-order valence-corrected chi connectivity index (χ4v) is 1.93. The zero-order valence-corrected chi connectivity index (χ0v) is 10.7. The van der Waals surface area contributed by atoms with Gasteiger partial charge in [-0.25, -0.2) is 9.07 Å². The quantitative estimate of drug-likeness (QED) is 0.799. The van der Waals surface area contributed by atoms with Crippen LogP contribution in [-0.4, -0.2) is 9.78 Å². The molecule has 1 aromatic heterocycles. The summed E-state index contributed by atoms with van der Waals surface area (Å²) < 4.78 is 15.1. The summed E-state index contributed by atoms with van der Waals surface area (Å²) in [5.74, 6) is -0.368. The van der Waals surface area contributed by atoms with Gasteiger partial charge < -0.3 is 0 Å². The Labute approximate surface area is 106 Å². The fraction of sp³-hybridized carbons (Fsp3) is 0.167. The molecule has 1 heterocycles. The van der Waals surface area contributed by atoms with Gasteiger partial charge in [-0.15, -0.1) is 0 Å². The number of para-hydroxylation sites is 1. The van der Waals surface area contributed by atoms with Gasteiger partial charge in [0.2, 0.25) is 5.43 Å². The number of alkyl halides is 1. The number of benzene rings is 1. The minimum Gasteiger partial charge on any atom is -0.288 e. The van der Waals surface area contributed by atoms with Crippen LogP contribution in [0, 0.1) is 12.7 Å². The van der Waals surface area contributed by atoms with E-state index >= 15 is 0 Å². The highest BCUT2D eigenvalue weighted by Crippen LogP contribution is 2.13. The van der Waals surface area contributed by atoms with E-state index in [4.69, 9.17) is 0 Å². The topological polar surface area (TPSA) is 34.9 Å². The second-order valence-electron chi connectivity index (χ2n) is 3.59. The first kappa shape index (κ1) is 12.0. The van der Waals surface area contributed by atoms with Crippen LogP contribution in [0.25, 0.3) is 5.69 Å². The molecule has 0 radical (unpaired) electrons. The summed E-state index contributed by atoms with van der Waals surface area (Å²) in [5.41, 5.74) is 1.16. The molecule has 0 bridgehead atoms.